The molecule has 9 heteroatoms. The summed E-state index contributed by atoms with van der Waals surface area (Å²) in [5.74, 6) is 1.55. The number of piperidine rings is 1. The summed E-state index contributed by atoms with van der Waals surface area (Å²) in [6.07, 6.45) is -2.21. The smallest absolute Gasteiger partial charge is 0.417 e. The number of benzene rings is 2. The molecule has 35 heavy (non-hydrogen) atoms. The van der Waals surface area contributed by atoms with Crippen LogP contribution in [0.4, 0.5) is 19.0 Å². The summed E-state index contributed by atoms with van der Waals surface area (Å²) < 4.78 is 49.4. The van der Waals surface area contributed by atoms with Gasteiger partial charge in [-0.15, -0.1) is 0 Å². The van der Waals surface area contributed by atoms with Gasteiger partial charge in [0.2, 0.25) is 0 Å². The fraction of sp³-hybridized carbons (Fsp3) is 0.308. The van der Waals surface area contributed by atoms with Crippen molar-refractivity contribution in [1.29, 1.82) is 0 Å². The highest BCUT2D eigenvalue weighted by molar-refractivity contribution is 5.77. The first-order chi connectivity index (χ1) is 16.9. The third-order valence-electron chi connectivity index (χ3n) is 5.70. The topological polar surface area (TPSA) is 63.7 Å². The Morgan fingerprint density at radius 2 is 1.60 bits per heavy atom. The second-order valence-electron chi connectivity index (χ2n) is 8.27. The summed E-state index contributed by atoms with van der Waals surface area (Å²) in [4.78, 5) is 18.2. The van der Waals surface area contributed by atoms with Crippen LogP contribution >= 0.6 is 0 Å². The van der Waals surface area contributed by atoms with Crippen LogP contribution in [0.5, 0.6) is 11.5 Å². The summed E-state index contributed by atoms with van der Waals surface area (Å²) in [7, 11) is 0. The van der Waals surface area contributed by atoms with Crippen LogP contribution < -0.4 is 19.7 Å². The molecule has 0 unspecified atom stereocenters. The molecular formula is C26H26F3N3O3. The number of aromatic nitrogens is 1. The summed E-state index contributed by atoms with van der Waals surface area (Å²) in [6.45, 7) is 1.55. The monoisotopic (exact) mass is 485 g/mol. The molecule has 0 saturated carbocycles. The fourth-order valence-corrected chi connectivity index (χ4v) is 3.78. The van der Waals surface area contributed by atoms with E-state index in [1.54, 1.807) is 24.3 Å². The molecule has 2 heterocycles. The molecule has 0 aliphatic carbocycles. The number of anilines is 1. The first kappa shape index (κ1) is 24.4. The number of amides is 1. The van der Waals surface area contributed by atoms with Gasteiger partial charge in [-0.1, -0.05) is 30.3 Å². The van der Waals surface area contributed by atoms with E-state index in [4.69, 9.17) is 9.47 Å². The predicted molar refractivity (Wildman–Crippen MR) is 125 cm³/mol. The number of halogens is 3. The number of alkyl halides is 3. The largest absolute Gasteiger partial charge is 0.489 e. The van der Waals surface area contributed by atoms with Gasteiger partial charge in [0, 0.05) is 25.3 Å². The van der Waals surface area contributed by atoms with E-state index in [2.05, 4.69) is 10.3 Å². The minimum absolute atomic E-state index is 0.0226. The van der Waals surface area contributed by atoms with Gasteiger partial charge in [0.05, 0.1) is 5.56 Å². The summed E-state index contributed by atoms with van der Waals surface area (Å²) in [5, 5.41) is 2.96. The quantitative estimate of drug-likeness (QED) is 0.495. The lowest BCUT2D eigenvalue weighted by atomic mass is 10.0. The normalized spacial score (nSPS) is 14.4. The van der Waals surface area contributed by atoms with Crippen molar-refractivity contribution in [2.24, 2.45) is 0 Å². The third-order valence-corrected chi connectivity index (χ3v) is 5.70. The van der Waals surface area contributed by atoms with Crippen molar-refractivity contribution in [2.45, 2.75) is 31.7 Å². The average Bonchev–Trinajstić information content (AvgIpc) is 2.87. The first-order valence-corrected chi connectivity index (χ1v) is 11.3. The molecule has 1 saturated heterocycles. The number of carbonyl (C=O) groups excluding carboxylic acids is 1. The van der Waals surface area contributed by atoms with E-state index >= 15 is 0 Å². The molecule has 0 spiro atoms. The van der Waals surface area contributed by atoms with Crippen molar-refractivity contribution >= 4 is 11.7 Å². The van der Waals surface area contributed by atoms with Crippen molar-refractivity contribution < 1.29 is 27.4 Å². The maximum absolute atomic E-state index is 12.7. The molecule has 1 N–H and O–H groups in total. The number of carbonyl (C=O) groups is 1. The van der Waals surface area contributed by atoms with Crippen LogP contribution in [0, 0.1) is 0 Å². The number of pyridine rings is 1. The Labute approximate surface area is 201 Å². The number of ether oxygens (including phenoxy) is 2. The average molecular weight is 486 g/mol. The molecule has 6 nitrogen and oxygen atoms in total. The van der Waals surface area contributed by atoms with E-state index in [1.165, 1.54) is 6.07 Å². The number of nitrogens with zero attached hydrogens (tertiary/aromatic N) is 2. The zero-order valence-corrected chi connectivity index (χ0v) is 19.0. The molecule has 0 bridgehead atoms. The van der Waals surface area contributed by atoms with Crippen LogP contribution in [0.1, 0.15) is 24.0 Å². The Hall–Kier alpha value is -3.75. The van der Waals surface area contributed by atoms with Crippen LogP contribution in [0.2, 0.25) is 0 Å². The lowest BCUT2D eigenvalue weighted by Gasteiger charge is -2.33. The van der Waals surface area contributed by atoms with Crippen LogP contribution in [0.25, 0.3) is 0 Å². The Morgan fingerprint density at radius 1 is 0.943 bits per heavy atom. The highest BCUT2D eigenvalue weighted by atomic mass is 19.4. The highest BCUT2D eigenvalue weighted by Crippen LogP contribution is 2.29. The highest BCUT2D eigenvalue weighted by Gasteiger charge is 2.31. The summed E-state index contributed by atoms with van der Waals surface area (Å²) in [6, 6.07) is 19.3. The minimum atomic E-state index is -4.40. The van der Waals surface area contributed by atoms with Crippen LogP contribution in [0.15, 0.2) is 72.9 Å². The molecule has 4 rings (SSSR count). The second kappa shape index (κ2) is 11.1. The van der Waals surface area contributed by atoms with Gasteiger partial charge in [-0.25, -0.2) is 4.98 Å². The zero-order chi connectivity index (χ0) is 24.7. The second-order valence-corrected chi connectivity index (χ2v) is 8.27. The molecule has 1 amide bonds. The van der Waals surface area contributed by atoms with E-state index < -0.39 is 11.7 Å². The third kappa shape index (κ3) is 7.11. The Morgan fingerprint density at radius 3 is 2.20 bits per heavy atom. The van der Waals surface area contributed by atoms with Crippen LogP contribution in [0.3, 0.4) is 0 Å². The maximum atomic E-state index is 12.7. The van der Waals surface area contributed by atoms with Gasteiger partial charge in [0.1, 0.15) is 23.9 Å². The van der Waals surface area contributed by atoms with E-state index in [0.29, 0.717) is 49.9 Å². The zero-order valence-electron chi connectivity index (χ0n) is 19.0. The molecule has 0 radical (unpaired) electrons. The van der Waals surface area contributed by atoms with Crippen molar-refractivity contribution in [3.05, 3.63) is 84.1 Å². The van der Waals surface area contributed by atoms with Gasteiger partial charge < -0.3 is 19.7 Å². The van der Waals surface area contributed by atoms with Gasteiger partial charge in [-0.3, -0.25) is 4.79 Å². The molecule has 3 aromatic rings. The van der Waals surface area contributed by atoms with Crippen molar-refractivity contribution in [2.75, 3.05) is 24.6 Å². The van der Waals surface area contributed by atoms with E-state index in [-0.39, 0.29) is 18.6 Å². The van der Waals surface area contributed by atoms with Crippen LogP contribution in [-0.4, -0.2) is 36.6 Å². The van der Waals surface area contributed by atoms with Gasteiger partial charge in [-0.2, -0.15) is 13.2 Å². The molecule has 1 aromatic heterocycles. The molecular weight excluding hydrogens is 459 g/mol. The number of rotatable bonds is 8. The first-order valence-electron chi connectivity index (χ1n) is 11.3. The Bertz CT molecular complexity index is 1080. The molecule has 2 aromatic carbocycles. The fourth-order valence-electron chi connectivity index (χ4n) is 3.78. The molecule has 1 fully saturated rings. The standard InChI is InChI=1S/C26H26F3N3O3/c27-26(28,29)20-6-11-24(30-16-20)32-14-12-21(13-15-32)31-25(33)18-35-23-9-7-22(8-10-23)34-17-19-4-2-1-3-5-19/h1-11,16,21H,12-15,17-18H2,(H,31,33). The molecule has 0 atom stereocenters. The molecule has 1 aliphatic rings. The number of hydrogen-bond donors (Lipinski definition) is 1. The summed E-state index contributed by atoms with van der Waals surface area (Å²) >= 11 is 0. The van der Waals surface area contributed by atoms with Gasteiger partial charge in [0.15, 0.2) is 6.61 Å². The number of nitrogens with one attached hydrogen (secondary N) is 1. The Balaban J connectivity index is 1.16. The van der Waals surface area contributed by atoms with E-state index in [0.717, 1.165) is 17.8 Å². The lowest BCUT2D eigenvalue weighted by Crippen LogP contribution is -2.46. The minimum Gasteiger partial charge on any atom is -0.489 e. The Kier molecular flexibility index (Phi) is 7.74. The SMILES string of the molecule is O=C(COc1ccc(OCc2ccccc2)cc1)NC1CCN(c2ccc(C(F)(F)F)cn2)CC1. The predicted octanol–water partition coefficient (Wildman–Crippen LogP) is 4.84. The maximum Gasteiger partial charge on any atom is 0.417 e. The summed E-state index contributed by atoms with van der Waals surface area (Å²) in [5.41, 5.74) is 0.309. The van der Waals surface area contributed by atoms with Gasteiger partial charge in [0.25, 0.3) is 5.91 Å². The van der Waals surface area contributed by atoms with E-state index in [1.807, 2.05) is 35.2 Å². The van der Waals surface area contributed by atoms with Crippen LogP contribution in [-0.2, 0) is 17.6 Å². The van der Waals surface area contributed by atoms with Crippen molar-refractivity contribution in [3.8, 4) is 11.5 Å². The number of hydrogen-bond acceptors (Lipinski definition) is 5. The molecule has 1 aliphatic heterocycles. The van der Waals surface area contributed by atoms with Gasteiger partial charge >= 0.3 is 6.18 Å². The lowest BCUT2D eigenvalue weighted by molar-refractivity contribution is -0.137. The van der Waals surface area contributed by atoms with Gasteiger partial charge in [-0.05, 0) is 54.8 Å². The van der Waals surface area contributed by atoms with Crippen molar-refractivity contribution in [1.82, 2.24) is 10.3 Å². The van der Waals surface area contributed by atoms with E-state index in [9.17, 15) is 18.0 Å². The molecule has 184 valence electrons. The van der Waals surface area contributed by atoms with Crippen molar-refractivity contribution in [3.63, 3.8) is 0 Å².